The molecule has 0 spiro atoms. The number of anilines is 1. The summed E-state index contributed by atoms with van der Waals surface area (Å²) < 4.78 is 13.1. The number of nitrogens with two attached hydrogens (primary N) is 1. The normalized spacial score (nSPS) is 11.5. The van der Waals surface area contributed by atoms with Crippen molar-refractivity contribution < 1.29 is 4.39 Å². The smallest absolute Gasteiger partial charge is 0.240 e. The molecule has 1 rings (SSSR count). The molecule has 60 valence electrons. The van der Waals surface area contributed by atoms with E-state index < -0.39 is 5.67 Å². The number of rotatable bonds is 1. The molecule has 1 aromatic heterocycles. The Hall–Kier alpha value is -1.26. The number of hydrogen-bond acceptors (Lipinski definition) is 4. The molecule has 0 bridgehead atoms. The Bertz CT molecular complexity index is 255. The van der Waals surface area contributed by atoms with E-state index in [9.17, 15) is 4.39 Å². The summed E-state index contributed by atoms with van der Waals surface area (Å²) >= 11 is 0. The van der Waals surface area contributed by atoms with E-state index in [0.29, 0.717) is 0 Å². The first-order valence-electron chi connectivity index (χ1n) is 3.15. The maximum absolute atomic E-state index is 13.1. The van der Waals surface area contributed by atoms with Crippen molar-refractivity contribution >= 4 is 5.95 Å². The molecule has 0 saturated carbocycles. The summed E-state index contributed by atoms with van der Waals surface area (Å²) in [7, 11) is 0. The Balaban J connectivity index is 3.06. The van der Waals surface area contributed by atoms with E-state index in [1.165, 1.54) is 20.0 Å². The summed E-state index contributed by atoms with van der Waals surface area (Å²) in [6, 6.07) is 0. The van der Waals surface area contributed by atoms with Crippen molar-refractivity contribution in [1.82, 2.24) is 15.2 Å². The zero-order valence-corrected chi connectivity index (χ0v) is 6.37. The number of alkyl halides is 1. The van der Waals surface area contributed by atoms with Crippen molar-refractivity contribution in [3.8, 4) is 0 Å². The lowest BCUT2D eigenvalue weighted by molar-refractivity contribution is 0.213. The summed E-state index contributed by atoms with van der Waals surface area (Å²) in [6.07, 6.45) is 1.26. The van der Waals surface area contributed by atoms with Crippen molar-refractivity contribution in [3.63, 3.8) is 0 Å². The summed E-state index contributed by atoms with van der Waals surface area (Å²) in [5, 5.41) is 6.88. The van der Waals surface area contributed by atoms with Gasteiger partial charge in [-0.2, -0.15) is 5.10 Å². The monoisotopic (exact) mass is 156 g/mol. The van der Waals surface area contributed by atoms with E-state index in [2.05, 4.69) is 15.2 Å². The molecule has 0 aromatic carbocycles. The highest BCUT2D eigenvalue weighted by molar-refractivity contribution is 5.16. The van der Waals surface area contributed by atoms with Crippen LogP contribution in [0.15, 0.2) is 6.20 Å². The van der Waals surface area contributed by atoms with Crippen molar-refractivity contribution in [3.05, 3.63) is 11.9 Å². The molecule has 0 amide bonds. The third-order valence-electron chi connectivity index (χ3n) is 1.18. The second-order valence-corrected chi connectivity index (χ2v) is 2.67. The van der Waals surface area contributed by atoms with Crippen molar-refractivity contribution in [2.24, 2.45) is 0 Å². The number of nitrogens with zero attached hydrogens (tertiary/aromatic N) is 3. The maximum atomic E-state index is 13.1. The molecule has 1 aromatic rings. The van der Waals surface area contributed by atoms with Gasteiger partial charge in [-0.05, 0) is 13.8 Å². The molecule has 0 saturated heterocycles. The van der Waals surface area contributed by atoms with Crippen molar-refractivity contribution in [2.75, 3.05) is 5.73 Å². The van der Waals surface area contributed by atoms with Crippen LogP contribution in [0.4, 0.5) is 10.3 Å². The molecule has 2 N–H and O–H groups in total. The quantitative estimate of drug-likeness (QED) is 0.648. The summed E-state index contributed by atoms with van der Waals surface area (Å²) in [5.41, 5.74) is 3.89. The van der Waals surface area contributed by atoms with Crippen LogP contribution in [0.3, 0.4) is 0 Å². The average Bonchev–Trinajstić information content (AvgIpc) is 1.86. The Morgan fingerprint density at radius 1 is 1.55 bits per heavy atom. The molecular weight excluding hydrogens is 147 g/mol. The maximum Gasteiger partial charge on any atom is 0.240 e. The first-order valence-corrected chi connectivity index (χ1v) is 3.15. The fourth-order valence-corrected chi connectivity index (χ4v) is 0.604. The first-order chi connectivity index (χ1) is 5.00. The lowest BCUT2D eigenvalue weighted by Crippen LogP contribution is -2.14. The van der Waals surface area contributed by atoms with E-state index in [-0.39, 0.29) is 11.6 Å². The molecular formula is C6H9FN4. The van der Waals surface area contributed by atoms with Crippen LogP contribution < -0.4 is 5.73 Å². The number of nitrogen functional groups attached to an aromatic ring is 1. The largest absolute Gasteiger partial charge is 0.366 e. The summed E-state index contributed by atoms with van der Waals surface area (Å²) in [4.78, 5) is 3.67. The zero-order valence-electron chi connectivity index (χ0n) is 6.37. The van der Waals surface area contributed by atoms with Gasteiger partial charge in [0, 0.05) is 0 Å². The molecule has 0 atom stereocenters. The zero-order chi connectivity index (χ0) is 8.48. The van der Waals surface area contributed by atoms with Gasteiger partial charge in [0.05, 0.1) is 6.20 Å². The Morgan fingerprint density at radius 3 is 2.55 bits per heavy atom. The molecule has 0 aliphatic heterocycles. The van der Waals surface area contributed by atoms with Crippen molar-refractivity contribution in [1.29, 1.82) is 0 Å². The molecule has 11 heavy (non-hydrogen) atoms. The van der Waals surface area contributed by atoms with Crippen LogP contribution in [-0.4, -0.2) is 15.2 Å². The predicted octanol–water partition coefficient (Wildman–Crippen LogP) is 0.658. The molecule has 0 unspecified atom stereocenters. The highest BCUT2D eigenvalue weighted by Gasteiger charge is 2.21. The molecule has 0 aliphatic rings. The minimum atomic E-state index is -1.51. The van der Waals surface area contributed by atoms with Crippen molar-refractivity contribution in [2.45, 2.75) is 19.5 Å². The van der Waals surface area contributed by atoms with Gasteiger partial charge in [0.15, 0.2) is 0 Å². The minimum Gasteiger partial charge on any atom is -0.366 e. The summed E-state index contributed by atoms with van der Waals surface area (Å²) in [6.45, 7) is 2.77. The molecule has 1 heterocycles. The minimum absolute atomic E-state index is 0.00627. The SMILES string of the molecule is CC(C)(F)c1cnnc(N)n1. The van der Waals surface area contributed by atoms with Crippen LogP contribution in [0.25, 0.3) is 0 Å². The van der Waals surface area contributed by atoms with E-state index in [1.54, 1.807) is 0 Å². The third-order valence-corrected chi connectivity index (χ3v) is 1.18. The molecule has 4 nitrogen and oxygen atoms in total. The molecule has 0 fully saturated rings. The predicted molar refractivity (Wildman–Crippen MR) is 38.4 cm³/mol. The molecule has 5 heteroatoms. The Kier molecular flexibility index (Phi) is 1.72. The number of halogens is 1. The van der Waals surface area contributed by atoms with Crippen LogP contribution in [-0.2, 0) is 5.67 Å². The first kappa shape index (κ1) is 7.84. The van der Waals surface area contributed by atoms with Gasteiger partial charge < -0.3 is 5.73 Å². The van der Waals surface area contributed by atoms with E-state index in [1.807, 2.05) is 0 Å². The van der Waals surface area contributed by atoms with E-state index in [0.717, 1.165) is 0 Å². The van der Waals surface area contributed by atoms with Crippen LogP contribution in [0.1, 0.15) is 19.5 Å². The summed E-state index contributed by atoms with van der Waals surface area (Å²) in [5.74, 6) is -0.00627. The Labute approximate surface area is 63.7 Å². The fourth-order valence-electron chi connectivity index (χ4n) is 0.604. The molecule has 0 aliphatic carbocycles. The third kappa shape index (κ3) is 1.83. The van der Waals surface area contributed by atoms with Gasteiger partial charge in [-0.25, -0.2) is 9.37 Å². The second-order valence-electron chi connectivity index (χ2n) is 2.67. The van der Waals surface area contributed by atoms with Gasteiger partial charge in [-0.1, -0.05) is 0 Å². The standard InChI is InChI=1S/C6H9FN4/c1-6(2,7)4-3-9-11-5(8)10-4/h3H,1-2H3,(H2,8,10,11). The number of hydrogen-bond donors (Lipinski definition) is 1. The lowest BCUT2D eigenvalue weighted by atomic mass is 10.1. The topological polar surface area (TPSA) is 64.7 Å². The van der Waals surface area contributed by atoms with Gasteiger partial charge in [0.1, 0.15) is 11.4 Å². The lowest BCUT2D eigenvalue weighted by Gasteiger charge is -2.11. The fraction of sp³-hybridized carbons (Fsp3) is 0.500. The highest BCUT2D eigenvalue weighted by atomic mass is 19.1. The molecule has 0 radical (unpaired) electrons. The van der Waals surface area contributed by atoms with E-state index in [4.69, 9.17) is 5.73 Å². The van der Waals surface area contributed by atoms with E-state index >= 15 is 0 Å². The van der Waals surface area contributed by atoms with Crippen LogP contribution >= 0.6 is 0 Å². The van der Waals surface area contributed by atoms with Crippen LogP contribution in [0, 0.1) is 0 Å². The van der Waals surface area contributed by atoms with Gasteiger partial charge >= 0.3 is 0 Å². The highest BCUT2D eigenvalue weighted by Crippen LogP contribution is 2.21. The van der Waals surface area contributed by atoms with Crippen LogP contribution in [0.2, 0.25) is 0 Å². The van der Waals surface area contributed by atoms with Gasteiger partial charge in [0.25, 0.3) is 0 Å². The van der Waals surface area contributed by atoms with Gasteiger partial charge in [-0.3, -0.25) is 0 Å². The van der Waals surface area contributed by atoms with Gasteiger partial charge in [-0.15, -0.1) is 5.10 Å². The number of aromatic nitrogens is 3. The Morgan fingerprint density at radius 2 is 2.18 bits per heavy atom. The average molecular weight is 156 g/mol. The second kappa shape index (κ2) is 2.41. The van der Waals surface area contributed by atoms with Crippen LogP contribution in [0.5, 0.6) is 0 Å². The van der Waals surface area contributed by atoms with Gasteiger partial charge in [0.2, 0.25) is 5.95 Å².